The standard InChI is InChI=1S/C27H36N8O2/c1-27(2,16-24(28)34-35-30)19-4-3-5-21(14-19)33-25-15-22(8-11-31-25)37-23(17-32-20-6-7-20)26(29)18-9-12-36-13-10-18/h3-5,8,11,14-15,17-18,20H,6-7,9-10,12-13,16,29H2,1-2H3,(H,31,33)(H3,28,30,34)/b26-23+,32-17?. The Morgan fingerprint density at radius 1 is 1.22 bits per heavy atom. The maximum absolute atomic E-state index is 7.95. The van der Waals surface area contributed by atoms with E-state index in [9.17, 15) is 0 Å². The van der Waals surface area contributed by atoms with Gasteiger partial charge in [0.25, 0.3) is 0 Å². The van der Waals surface area contributed by atoms with E-state index in [1.807, 2.05) is 36.4 Å². The highest BCUT2D eigenvalue weighted by Gasteiger charge is 2.24. The zero-order chi connectivity index (χ0) is 26.3. The van der Waals surface area contributed by atoms with Crippen LogP contribution in [-0.4, -0.2) is 36.3 Å². The lowest BCUT2D eigenvalue weighted by atomic mass is 9.81. The van der Waals surface area contributed by atoms with Crippen LogP contribution >= 0.6 is 0 Å². The van der Waals surface area contributed by atoms with Gasteiger partial charge in [0, 0.05) is 43.5 Å². The third-order valence-corrected chi connectivity index (χ3v) is 6.56. The average molecular weight is 505 g/mol. The van der Waals surface area contributed by atoms with E-state index in [1.54, 1.807) is 12.4 Å². The molecule has 1 aromatic carbocycles. The smallest absolute Gasteiger partial charge is 0.164 e. The fraction of sp³-hybridized carbons (Fsp3) is 0.444. The van der Waals surface area contributed by atoms with Crippen molar-refractivity contribution < 1.29 is 9.47 Å². The first kappa shape index (κ1) is 26.3. The molecule has 1 saturated carbocycles. The second-order valence-electron chi connectivity index (χ2n) is 10.1. The van der Waals surface area contributed by atoms with Crippen LogP contribution in [-0.2, 0) is 10.2 Å². The molecular weight excluding hydrogens is 468 g/mol. The lowest BCUT2D eigenvalue weighted by Gasteiger charge is -2.25. The van der Waals surface area contributed by atoms with Gasteiger partial charge < -0.3 is 26.4 Å². The summed E-state index contributed by atoms with van der Waals surface area (Å²) >= 11 is 0. The Kier molecular flexibility index (Phi) is 8.50. The third kappa shape index (κ3) is 7.60. The molecule has 6 N–H and O–H groups in total. The fourth-order valence-electron chi connectivity index (χ4n) is 4.23. The van der Waals surface area contributed by atoms with E-state index in [2.05, 4.69) is 39.5 Å². The van der Waals surface area contributed by atoms with Gasteiger partial charge in [0.2, 0.25) is 0 Å². The molecule has 2 fully saturated rings. The van der Waals surface area contributed by atoms with Gasteiger partial charge >= 0.3 is 0 Å². The van der Waals surface area contributed by atoms with Crippen molar-refractivity contribution in [2.24, 2.45) is 32.8 Å². The van der Waals surface area contributed by atoms with Gasteiger partial charge in [-0.05, 0) is 54.9 Å². The minimum atomic E-state index is -0.330. The van der Waals surface area contributed by atoms with Crippen molar-refractivity contribution in [3.05, 3.63) is 59.6 Å². The Labute approximate surface area is 217 Å². The van der Waals surface area contributed by atoms with Gasteiger partial charge in [0.05, 0.1) is 18.0 Å². The highest BCUT2D eigenvalue weighted by atomic mass is 16.5. The fourth-order valence-corrected chi connectivity index (χ4v) is 4.23. The molecule has 2 aromatic rings. The largest absolute Gasteiger partial charge is 0.454 e. The minimum absolute atomic E-state index is 0.131. The number of hydrogen-bond acceptors (Lipinski definition) is 8. The number of allylic oxidation sites excluding steroid dienone is 2. The van der Waals surface area contributed by atoms with Crippen LogP contribution < -0.4 is 21.6 Å². The van der Waals surface area contributed by atoms with Crippen LogP contribution in [0.5, 0.6) is 5.75 Å². The molecule has 0 atom stereocenters. The second kappa shape index (κ2) is 12.0. The average Bonchev–Trinajstić information content (AvgIpc) is 3.71. The molecule has 10 nitrogen and oxygen atoms in total. The molecule has 2 aliphatic rings. The SMILES string of the molecule is CC(C)(CC(=N)N=NN)c1cccc(Nc2cc(O/C(C=NC3CC3)=C(/N)C3CCOCC3)ccn2)c1. The Hall–Kier alpha value is -3.79. The molecular formula is C27H36N8O2. The van der Waals surface area contributed by atoms with E-state index >= 15 is 0 Å². The van der Waals surface area contributed by atoms with E-state index in [-0.39, 0.29) is 17.2 Å². The predicted octanol–water partition coefficient (Wildman–Crippen LogP) is 5.00. The number of aromatic nitrogens is 1. The van der Waals surface area contributed by atoms with E-state index in [1.165, 1.54) is 0 Å². The van der Waals surface area contributed by atoms with Gasteiger partial charge in [-0.25, -0.2) is 4.98 Å². The molecule has 1 aromatic heterocycles. The van der Waals surface area contributed by atoms with Crippen LogP contribution in [0.4, 0.5) is 11.5 Å². The molecule has 196 valence electrons. The van der Waals surface area contributed by atoms with Gasteiger partial charge in [-0.15, -0.1) is 5.11 Å². The number of benzene rings is 1. The lowest BCUT2D eigenvalue weighted by Crippen LogP contribution is -2.24. The molecule has 1 aliphatic heterocycles. The quantitative estimate of drug-likeness (QED) is 0.0890. The summed E-state index contributed by atoms with van der Waals surface area (Å²) in [4.78, 5) is 9.08. The molecule has 0 radical (unpaired) electrons. The van der Waals surface area contributed by atoms with Crippen molar-refractivity contribution in [2.45, 2.75) is 57.4 Å². The molecule has 0 bridgehead atoms. The number of pyridine rings is 1. The molecule has 4 rings (SSSR count). The molecule has 1 saturated heterocycles. The van der Waals surface area contributed by atoms with Crippen molar-refractivity contribution in [3.63, 3.8) is 0 Å². The van der Waals surface area contributed by atoms with E-state index in [0.717, 1.165) is 36.9 Å². The monoisotopic (exact) mass is 504 g/mol. The molecule has 10 heteroatoms. The summed E-state index contributed by atoms with van der Waals surface area (Å²) in [6, 6.07) is 12.0. The Bertz CT molecular complexity index is 1180. The zero-order valence-electron chi connectivity index (χ0n) is 21.5. The number of amidine groups is 1. The number of anilines is 2. The Balaban J connectivity index is 1.50. The van der Waals surface area contributed by atoms with Crippen LogP contribution in [0.2, 0.25) is 0 Å². The van der Waals surface area contributed by atoms with Crippen LogP contribution in [0, 0.1) is 11.3 Å². The maximum atomic E-state index is 7.95. The van der Waals surface area contributed by atoms with Crippen molar-refractivity contribution in [3.8, 4) is 5.75 Å². The topological polar surface area (TPSA) is 156 Å². The maximum Gasteiger partial charge on any atom is 0.164 e. The van der Waals surface area contributed by atoms with Gasteiger partial charge in [-0.1, -0.05) is 31.2 Å². The number of rotatable bonds is 10. The van der Waals surface area contributed by atoms with Gasteiger partial charge in [-0.3, -0.25) is 10.4 Å². The van der Waals surface area contributed by atoms with Gasteiger partial charge in [0.15, 0.2) is 5.76 Å². The number of ether oxygens (including phenoxy) is 2. The number of aliphatic imine (C=N–C) groups is 1. The minimum Gasteiger partial charge on any atom is -0.454 e. The van der Waals surface area contributed by atoms with Gasteiger partial charge in [-0.2, -0.15) is 0 Å². The molecule has 0 spiro atoms. The van der Waals surface area contributed by atoms with Crippen LogP contribution in [0.1, 0.15) is 51.5 Å². The van der Waals surface area contributed by atoms with Crippen LogP contribution in [0.15, 0.2) is 69.4 Å². The molecule has 1 aliphatic carbocycles. The highest BCUT2D eigenvalue weighted by Crippen LogP contribution is 2.31. The summed E-state index contributed by atoms with van der Waals surface area (Å²) in [5.74, 6) is 7.30. The van der Waals surface area contributed by atoms with E-state index < -0.39 is 0 Å². The van der Waals surface area contributed by atoms with E-state index in [0.29, 0.717) is 48.7 Å². The molecule has 0 amide bonds. The molecule has 2 heterocycles. The summed E-state index contributed by atoms with van der Waals surface area (Å²) in [5, 5.41) is 18.2. The number of nitrogens with zero attached hydrogens (tertiary/aromatic N) is 4. The number of nitrogens with two attached hydrogens (primary N) is 2. The third-order valence-electron chi connectivity index (χ3n) is 6.56. The van der Waals surface area contributed by atoms with Gasteiger partial charge in [0.1, 0.15) is 17.4 Å². The lowest BCUT2D eigenvalue weighted by molar-refractivity contribution is 0.0746. The van der Waals surface area contributed by atoms with E-state index in [4.69, 9.17) is 26.5 Å². The summed E-state index contributed by atoms with van der Waals surface area (Å²) in [5.41, 5.74) is 8.87. The Morgan fingerprint density at radius 3 is 2.73 bits per heavy atom. The summed E-state index contributed by atoms with van der Waals surface area (Å²) in [6.07, 6.45) is 7.86. The van der Waals surface area contributed by atoms with Crippen LogP contribution in [0.25, 0.3) is 0 Å². The van der Waals surface area contributed by atoms with Crippen molar-refractivity contribution in [1.82, 2.24) is 4.98 Å². The first-order valence-corrected chi connectivity index (χ1v) is 12.6. The van der Waals surface area contributed by atoms with Crippen molar-refractivity contribution >= 4 is 23.6 Å². The summed E-state index contributed by atoms with van der Waals surface area (Å²) < 4.78 is 11.8. The zero-order valence-corrected chi connectivity index (χ0v) is 21.5. The Morgan fingerprint density at radius 2 is 2.00 bits per heavy atom. The molecule has 0 unspecified atom stereocenters. The normalized spacial score (nSPS) is 17.7. The van der Waals surface area contributed by atoms with Crippen molar-refractivity contribution in [1.29, 1.82) is 5.41 Å². The first-order chi connectivity index (χ1) is 17.8. The number of hydrogen-bond donors (Lipinski definition) is 4. The number of nitrogens with one attached hydrogen (secondary N) is 2. The predicted molar refractivity (Wildman–Crippen MR) is 145 cm³/mol. The highest BCUT2D eigenvalue weighted by molar-refractivity contribution is 5.81. The van der Waals surface area contributed by atoms with Crippen molar-refractivity contribution in [2.75, 3.05) is 18.5 Å². The summed E-state index contributed by atoms with van der Waals surface area (Å²) in [7, 11) is 0. The second-order valence-corrected chi connectivity index (χ2v) is 10.1. The van der Waals surface area contributed by atoms with Crippen LogP contribution in [0.3, 0.4) is 0 Å². The molecule has 37 heavy (non-hydrogen) atoms. The summed E-state index contributed by atoms with van der Waals surface area (Å²) in [6.45, 7) is 5.52. The first-order valence-electron chi connectivity index (χ1n) is 12.6.